The lowest BCUT2D eigenvalue weighted by molar-refractivity contribution is 0.194. The maximum absolute atomic E-state index is 9.93. The number of nitrogens with one attached hydrogen (secondary N) is 1. The Hall–Kier alpha value is -1.13. The van der Waals surface area contributed by atoms with E-state index in [1.54, 1.807) is 0 Å². The van der Waals surface area contributed by atoms with Crippen LogP contribution in [0, 0.1) is 0 Å². The molecule has 0 unspecified atom stereocenters. The van der Waals surface area contributed by atoms with Crippen molar-refractivity contribution in [3.05, 3.63) is 0 Å². The van der Waals surface area contributed by atoms with E-state index in [1.807, 2.05) is 6.92 Å². The molecule has 0 aromatic carbocycles. The van der Waals surface area contributed by atoms with Gasteiger partial charge < -0.3 is 10.4 Å². The zero-order valence-electron chi connectivity index (χ0n) is 5.66. The van der Waals surface area contributed by atoms with Gasteiger partial charge >= 0.3 is 6.09 Å². The summed E-state index contributed by atoms with van der Waals surface area (Å²) in [5.74, 6) is 0. The zero-order chi connectivity index (χ0) is 7.61. The van der Waals surface area contributed by atoms with Crippen LogP contribution in [-0.2, 0) is 0 Å². The van der Waals surface area contributed by atoms with Gasteiger partial charge in [0.1, 0.15) is 0 Å². The van der Waals surface area contributed by atoms with Crippen molar-refractivity contribution in [2.75, 3.05) is 6.54 Å². The molecule has 0 atom stereocenters. The first-order valence-corrected chi connectivity index (χ1v) is 3.03. The predicted molar refractivity (Wildman–Crippen MR) is 33.9 cm³/mol. The highest BCUT2D eigenvalue weighted by molar-refractivity contribution is 5.64. The van der Waals surface area contributed by atoms with Gasteiger partial charge in [0.25, 0.3) is 0 Å². The predicted octanol–water partition coefficient (Wildman–Crippen LogP) is 0.826. The third kappa shape index (κ3) is 2.00. The number of carboxylic acid groups (broad SMARTS) is 1. The number of hydrogen-bond donors (Lipinski definition) is 2. The van der Waals surface area contributed by atoms with Crippen molar-refractivity contribution in [2.24, 2.45) is 10.2 Å². The fourth-order valence-corrected chi connectivity index (χ4v) is 0.592. The second-order valence-corrected chi connectivity index (χ2v) is 2.40. The Balaban J connectivity index is 2.01. The van der Waals surface area contributed by atoms with Crippen LogP contribution in [0.3, 0.4) is 0 Å². The molecule has 10 heavy (non-hydrogen) atoms. The van der Waals surface area contributed by atoms with Crippen molar-refractivity contribution in [1.29, 1.82) is 0 Å². The molecule has 0 saturated heterocycles. The van der Waals surface area contributed by atoms with Crippen LogP contribution >= 0.6 is 0 Å². The van der Waals surface area contributed by atoms with Gasteiger partial charge in [0.05, 0.1) is 0 Å². The van der Waals surface area contributed by atoms with Crippen molar-refractivity contribution in [3.63, 3.8) is 0 Å². The van der Waals surface area contributed by atoms with Crippen LogP contribution < -0.4 is 5.32 Å². The molecule has 1 aliphatic rings. The van der Waals surface area contributed by atoms with Crippen LogP contribution in [0.1, 0.15) is 13.3 Å². The van der Waals surface area contributed by atoms with Gasteiger partial charge in [0, 0.05) is 13.0 Å². The minimum absolute atomic E-state index is 0.289. The molecule has 5 heteroatoms. The summed E-state index contributed by atoms with van der Waals surface area (Å²) in [7, 11) is 0. The van der Waals surface area contributed by atoms with Crippen molar-refractivity contribution >= 4 is 6.09 Å². The van der Waals surface area contributed by atoms with Crippen LogP contribution in [0.25, 0.3) is 0 Å². The summed E-state index contributed by atoms with van der Waals surface area (Å²) in [4.78, 5) is 9.93. The largest absolute Gasteiger partial charge is 0.465 e. The van der Waals surface area contributed by atoms with Crippen molar-refractivity contribution in [1.82, 2.24) is 5.32 Å². The SMILES string of the molecule is CC1(CCNC(=O)O)N=N1. The Bertz CT molecular complexity index is 172. The monoisotopic (exact) mass is 143 g/mol. The fourth-order valence-electron chi connectivity index (χ4n) is 0.592. The van der Waals surface area contributed by atoms with Crippen LogP contribution in [0.15, 0.2) is 10.2 Å². The lowest BCUT2D eigenvalue weighted by Crippen LogP contribution is -2.25. The summed E-state index contributed by atoms with van der Waals surface area (Å²) >= 11 is 0. The number of nitrogens with zero attached hydrogens (tertiary/aromatic N) is 2. The van der Waals surface area contributed by atoms with Gasteiger partial charge in [-0.15, -0.1) is 0 Å². The lowest BCUT2D eigenvalue weighted by atomic mass is 10.2. The van der Waals surface area contributed by atoms with Crippen molar-refractivity contribution < 1.29 is 9.90 Å². The molecule has 1 aliphatic heterocycles. The maximum Gasteiger partial charge on any atom is 0.404 e. The Morgan fingerprint density at radius 3 is 2.70 bits per heavy atom. The summed E-state index contributed by atoms with van der Waals surface area (Å²) in [6.45, 7) is 2.27. The lowest BCUT2D eigenvalue weighted by Gasteiger charge is -2.01. The van der Waals surface area contributed by atoms with Gasteiger partial charge in [-0.2, -0.15) is 10.2 Å². The van der Waals surface area contributed by atoms with E-state index in [1.165, 1.54) is 0 Å². The van der Waals surface area contributed by atoms with E-state index in [0.29, 0.717) is 13.0 Å². The van der Waals surface area contributed by atoms with Crippen molar-refractivity contribution in [3.8, 4) is 0 Å². The highest BCUT2D eigenvalue weighted by atomic mass is 16.4. The Kier molecular flexibility index (Phi) is 1.57. The normalized spacial score (nSPS) is 18.5. The molecule has 2 N–H and O–H groups in total. The van der Waals surface area contributed by atoms with Gasteiger partial charge in [0.2, 0.25) is 0 Å². The third-order valence-corrected chi connectivity index (χ3v) is 1.32. The molecule has 1 rings (SSSR count). The summed E-state index contributed by atoms with van der Waals surface area (Å²) < 4.78 is 0. The van der Waals surface area contributed by atoms with E-state index in [4.69, 9.17) is 5.11 Å². The maximum atomic E-state index is 9.93. The molecule has 0 bridgehead atoms. The van der Waals surface area contributed by atoms with Gasteiger partial charge in [-0.3, -0.25) is 0 Å². The van der Waals surface area contributed by atoms with Gasteiger partial charge in [-0.05, 0) is 6.92 Å². The zero-order valence-corrected chi connectivity index (χ0v) is 5.66. The molecule has 0 aliphatic carbocycles. The summed E-state index contributed by atoms with van der Waals surface area (Å²) in [6.07, 6.45) is -0.344. The van der Waals surface area contributed by atoms with E-state index in [2.05, 4.69) is 15.5 Å². The first-order valence-electron chi connectivity index (χ1n) is 3.03. The van der Waals surface area contributed by atoms with E-state index < -0.39 is 6.09 Å². The molecular formula is C5H9N3O2. The molecule has 0 aromatic rings. The molecule has 0 saturated carbocycles. The van der Waals surface area contributed by atoms with Crippen molar-refractivity contribution in [2.45, 2.75) is 19.0 Å². The number of carbonyl (C=O) groups is 1. The van der Waals surface area contributed by atoms with E-state index in [9.17, 15) is 4.79 Å². The Morgan fingerprint density at radius 2 is 2.30 bits per heavy atom. The third-order valence-electron chi connectivity index (χ3n) is 1.32. The van der Waals surface area contributed by atoms with Gasteiger partial charge in [-0.1, -0.05) is 0 Å². The molecular weight excluding hydrogens is 134 g/mol. The number of hydrogen-bond acceptors (Lipinski definition) is 3. The smallest absolute Gasteiger partial charge is 0.404 e. The van der Waals surface area contributed by atoms with E-state index in [-0.39, 0.29) is 5.66 Å². The topological polar surface area (TPSA) is 74.0 Å². The fraction of sp³-hybridized carbons (Fsp3) is 0.800. The van der Waals surface area contributed by atoms with Gasteiger partial charge in [0.15, 0.2) is 5.66 Å². The number of rotatable bonds is 3. The van der Waals surface area contributed by atoms with Gasteiger partial charge in [-0.25, -0.2) is 4.79 Å². The van der Waals surface area contributed by atoms with E-state index in [0.717, 1.165) is 0 Å². The highest BCUT2D eigenvalue weighted by Crippen LogP contribution is 2.29. The number of amides is 1. The second-order valence-electron chi connectivity index (χ2n) is 2.40. The molecule has 1 amide bonds. The Morgan fingerprint density at radius 1 is 1.70 bits per heavy atom. The Labute approximate surface area is 58.1 Å². The summed E-state index contributed by atoms with van der Waals surface area (Å²) in [5.41, 5.74) is -0.289. The van der Waals surface area contributed by atoms with Crippen LogP contribution in [0.4, 0.5) is 4.79 Å². The van der Waals surface area contributed by atoms with E-state index >= 15 is 0 Å². The molecule has 5 nitrogen and oxygen atoms in total. The standard InChI is InChI=1S/C5H9N3O2/c1-5(7-8-5)2-3-6-4(9)10/h6H,2-3H2,1H3,(H,9,10). The highest BCUT2D eigenvalue weighted by Gasteiger charge is 2.32. The van der Waals surface area contributed by atoms with Crippen LogP contribution in [-0.4, -0.2) is 23.4 Å². The molecule has 1 heterocycles. The minimum Gasteiger partial charge on any atom is -0.465 e. The molecule has 0 radical (unpaired) electrons. The molecule has 0 aromatic heterocycles. The molecule has 0 spiro atoms. The van der Waals surface area contributed by atoms with Crippen LogP contribution in [0.2, 0.25) is 0 Å². The minimum atomic E-state index is -0.996. The first kappa shape index (κ1) is 6.98. The average Bonchev–Trinajstić information content (AvgIpc) is 2.47. The molecule has 56 valence electrons. The first-order chi connectivity index (χ1) is 4.62. The quantitative estimate of drug-likeness (QED) is 0.613. The van der Waals surface area contributed by atoms with Crippen LogP contribution in [0.5, 0.6) is 0 Å². The summed E-state index contributed by atoms with van der Waals surface area (Å²) in [5, 5.41) is 17.8. The average molecular weight is 143 g/mol. The summed E-state index contributed by atoms with van der Waals surface area (Å²) in [6, 6.07) is 0. The molecule has 0 fully saturated rings. The second kappa shape index (κ2) is 2.24.